The molecule has 1 amide bonds. The van der Waals surface area contributed by atoms with Gasteiger partial charge in [-0.15, -0.1) is 0 Å². The molecule has 0 fully saturated rings. The molecule has 0 aliphatic rings. The Balaban J connectivity index is 1.65. The number of nitrogens with one attached hydrogen (secondary N) is 2. The summed E-state index contributed by atoms with van der Waals surface area (Å²) in [4.78, 5) is 25.9. The lowest BCUT2D eigenvalue weighted by atomic mass is 10.0. The average Bonchev–Trinajstić information content (AvgIpc) is 2.93. The van der Waals surface area contributed by atoms with Crippen LogP contribution in [0.5, 0.6) is 23.0 Å². The molecule has 37 heavy (non-hydrogen) atoms. The Morgan fingerprint density at radius 2 is 1.73 bits per heavy atom. The summed E-state index contributed by atoms with van der Waals surface area (Å²) < 4.78 is 27.5. The van der Waals surface area contributed by atoms with Crippen LogP contribution in [-0.2, 0) is 0 Å². The predicted molar refractivity (Wildman–Crippen MR) is 141 cm³/mol. The Bertz CT molecular complexity index is 1480. The summed E-state index contributed by atoms with van der Waals surface area (Å²) in [5.41, 5.74) is 1.38. The number of benzene rings is 3. The maximum absolute atomic E-state index is 13.1. The van der Waals surface area contributed by atoms with Gasteiger partial charge >= 0.3 is 5.63 Å². The zero-order valence-corrected chi connectivity index (χ0v) is 21.0. The van der Waals surface area contributed by atoms with E-state index in [1.807, 2.05) is 31.3 Å². The first-order valence-corrected chi connectivity index (χ1v) is 11.5. The largest absolute Gasteiger partial charge is 0.497 e. The van der Waals surface area contributed by atoms with Crippen LogP contribution in [-0.4, -0.2) is 47.4 Å². The van der Waals surface area contributed by atoms with E-state index in [9.17, 15) is 9.59 Å². The number of hydrogen-bond donors (Lipinski definition) is 2. The molecule has 0 bridgehead atoms. The number of rotatable bonds is 10. The highest BCUT2D eigenvalue weighted by atomic mass is 16.5. The summed E-state index contributed by atoms with van der Waals surface area (Å²) in [5, 5.41) is 6.22. The molecular formula is C28H28N2O7. The van der Waals surface area contributed by atoms with E-state index in [0.717, 1.165) is 5.56 Å². The Hall–Kier alpha value is -4.50. The van der Waals surface area contributed by atoms with E-state index in [4.69, 9.17) is 23.4 Å². The molecule has 4 aromatic rings. The summed E-state index contributed by atoms with van der Waals surface area (Å²) in [6, 6.07) is 17.5. The number of carbonyl (C=O) groups excluding carboxylic acids is 1. The lowest BCUT2D eigenvalue weighted by Crippen LogP contribution is -2.18. The van der Waals surface area contributed by atoms with Crippen molar-refractivity contribution in [1.29, 1.82) is 0 Å². The standard InChI is InChI=1S/C28H28N2O7/c1-29-12-13-36-24-11-8-18-16-22(28(32)37-25(18)26(24)35-4)30-27(31)19-9-10-23(34-3)21(15-19)17-6-5-7-20(14-17)33-2/h5-11,14-16,29H,12-13H2,1-4H3,(H,30,31). The molecule has 0 unspecified atom stereocenters. The van der Waals surface area contributed by atoms with Crippen molar-refractivity contribution in [3.63, 3.8) is 0 Å². The van der Waals surface area contributed by atoms with Crippen LogP contribution in [0.4, 0.5) is 5.69 Å². The molecule has 4 rings (SSSR count). The average molecular weight is 505 g/mol. The van der Waals surface area contributed by atoms with Gasteiger partial charge in [0.05, 0.1) is 21.3 Å². The van der Waals surface area contributed by atoms with Crippen molar-refractivity contribution in [3.05, 3.63) is 76.6 Å². The number of amides is 1. The molecule has 2 N–H and O–H groups in total. The fourth-order valence-electron chi connectivity index (χ4n) is 3.86. The minimum absolute atomic E-state index is 0.00199. The second kappa shape index (κ2) is 11.5. The van der Waals surface area contributed by atoms with E-state index < -0.39 is 11.5 Å². The van der Waals surface area contributed by atoms with Crippen LogP contribution in [0.1, 0.15) is 10.4 Å². The van der Waals surface area contributed by atoms with Crippen LogP contribution >= 0.6 is 0 Å². The Kier molecular flexibility index (Phi) is 7.95. The number of hydrogen-bond acceptors (Lipinski definition) is 8. The summed E-state index contributed by atoms with van der Waals surface area (Å²) in [6.45, 7) is 1.05. The molecule has 0 saturated heterocycles. The summed E-state index contributed by atoms with van der Waals surface area (Å²) >= 11 is 0. The number of ether oxygens (including phenoxy) is 4. The number of methoxy groups -OCH3 is 3. The fraction of sp³-hybridized carbons (Fsp3) is 0.214. The molecule has 0 atom stereocenters. The van der Waals surface area contributed by atoms with Gasteiger partial charge in [-0.3, -0.25) is 4.79 Å². The summed E-state index contributed by atoms with van der Waals surface area (Å²) in [5.74, 6) is 1.55. The predicted octanol–water partition coefficient (Wildman–Crippen LogP) is 4.34. The van der Waals surface area contributed by atoms with Crippen LogP contribution in [0, 0.1) is 0 Å². The van der Waals surface area contributed by atoms with E-state index >= 15 is 0 Å². The van der Waals surface area contributed by atoms with Gasteiger partial charge in [-0.2, -0.15) is 0 Å². The first-order valence-electron chi connectivity index (χ1n) is 11.5. The van der Waals surface area contributed by atoms with Gasteiger partial charge < -0.3 is 34.0 Å². The summed E-state index contributed by atoms with van der Waals surface area (Å²) in [7, 11) is 6.44. The van der Waals surface area contributed by atoms with E-state index in [-0.39, 0.29) is 11.3 Å². The Morgan fingerprint density at radius 1 is 0.919 bits per heavy atom. The molecule has 1 heterocycles. The van der Waals surface area contributed by atoms with Crippen molar-refractivity contribution in [1.82, 2.24) is 5.32 Å². The first-order chi connectivity index (χ1) is 18.0. The van der Waals surface area contributed by atoms with Crippen molar-refractivity contribution in [2.24, 2.45) is 0 Å². The zero-order valence-electron chi connectivity index (χ0n) is 21.0. The molecule has 192 valence electrons. The van der Waals surface area contributed by atoms with Gasteiger partial charge in [0.2, 0.25) is 5.75 Å². The smallest absolute Gasteiger partial charge is 0.360 e. The van der Waals surface area contributed by atoms with Crippen molar-refractivity contribution in [2.75, 3.05) is 46.8 Å². The third-order valence-corrected chi connectivity index (χ3v) is 5.73. The molecule has 0 spiro atoms. The van der Waals surface area contributed by atoms with Gasteiger partial charge in [-0.25, -0.2) is 4.79 Å². The second-order valence-corrected chi connectivity index (χ2v) is 8.02. The molecule has 9 heteroatoms. The summed E-state index contributed by atoms with van der Waals surface area (Å²) in [6.07, 6.45) is 0. The van der Waals surface area contributed by atoms with E-state index in [1.165, 1.54) is 7.11 Å². The minimum atomic E-state index is -0.715. The van der Waals surface area contributed by atoms with Gasteiger partial charge in [0.25, 0.3) is 5.91 Å². The second-order valence-electron chi connectivity index (χ2n) is 8.02. The number of anilines is 1. The van der Waals surface area contributed by atoms with Gasteiger partial charge in [0.1, 0.15) is 23.8 Å². The third-order valence-electron chi connectivity index (χ3n) is 5.73. The van der Waals surface area contributed by atoms with Gasteiger partial charge in [0, 0.05) is 23.1 Å². The maximum Gasteiger partial charge on any atom is 0.360 e. The Morgan fingerprint density at radius 3 is 2.46 bits per heavy atom. The van der Waals surface area contributed by atoms with Crippen LogP contribution < -0.4 is 35.2 Å². The molecule has 0 saturated carbocycles. The van der Waals surface area contributed by atoms with Gasteiger partial charge in [-0.05, 0) is 61.1 Å². The van der Waals surface area contributed by atoms with E-state index in [2.05, 4.69) is 10.6 Å². The van der Waals surface area contributed by atoms with Gasteiger partial charge in [-0.1, -0.05) is 12.1 Å². The normalized spacial score (nSPS) is 10.7. The topological polar surface area (TPSA) is 108 Å². The highest BCUT2D eigenvalue weighted by Crippen LogP contribution is 2.36. The molecule has 1 aromatic heterocycles. The molecule has 0 aliphatic carbocycles. The fourth-order valence-corrected chi connectivity index (χ4v) is 3.86. The van der Waals surface area contributed by atoms with Crippen molar-refractivity contribution >= 4 is 22.6 Å². The van der Waals surface area contributed by atoms with Gasteiger partial charge in [0.15, 0.2) is 11.3 Å². The molecule has 0 radical (unpaired) electrons. The van der Waals surface area contributed by atoms with Crippen molar-refractivity contribution in [2.45, 2.75) is 0 Å². The molecular weight excluding hydrogens is 476 g/mol. The van der Waals surface area contributed by atoms with Crippen molar-refractivity contribution < 1.29 is 28.2 Å². The number of fused-ring (bicyclic) bond motifs is 1. The maximum atomic E-state index is 13.1. The lowest BCUT2D eigenvalue weighted by Gasteiger charge is -2.13. The SMILES string of the molecule is CNCCOc1ccc2cc(NC(=O)c3ccc(OC)c(-c4cccc(OC)c4)c3)c(=O)oc2c1OC. The Labute approximate surface area is 213 Å². The highest BCUT2D eigenvalue weighted by molar-refractivity contribution is 6.06. The molecule has 9 nitrogen and oxygen atoms in total. The van der Waals surface area contributed by atoms with E-state index in [0.29, 0.717) is 52.7 Å². The van der Waals surface area contributed by atoms with Crippen LogP contribution in [0.15, 0.2) is 69.9 Å². The van der Waals surface area contributed by atoms with E-state index in [1.54, 1.807) is 50.6 Å². The highest BCUT2D eigenvalue weighted by Gasteiger charge is 2.18. The lowest BCUT2D eigenvalue weighted by molar-refractivity contribution is 0.102. The molecule has 3 aromatic carbocycles. The third kappa shape index (κ3) is 5.52. The van der Waals surface area contributed by atoms with Crippen molar-refractivity contribution in [3.8, 4) is 34.1 Å². The zero-order chi connectivity index (χ0) is 26.4. The van der Waals surface area contributed by atoms with Crippen LogP contribution in [0.3, 0.4) is 0 Å². The molecule has 0 aliphatic heterocycles. The van der Waals surface area contributed by atoms with Crippen LogP contribution in [0.2, 0.25) is 0 Å². The monoisotopic (exact) mass is 504 g/mol. The number of carbonyl (C=O) groups is 1. The first kappa shape index (κ1) is 25.6. The minimum Gasteiger partial charge on any atom is -0.497 e. The number of likely N-dealkylation sites (N-methyl/N-ethyl adjacent to an activating group) is 1. The van der Waals surface area contributed by atoms with Crippen LogP contribution in [0.25, 0.3) is 22.1 Å². The quantitative estimate of drug-likeness (QED) is 0.243.